The number of halogens is 1. The van der Waals surface area contributed by atoms with Crippen molar-refractivity contribution in [1.29, 1.82) is 0 Å². The Bertz CT molecular complexity index is 2180. The van der Waals surface area contributed by atoms with Crippen molar-refractivity contribution in [3.05, 3.63) is 78.6 Å². The molecule has 0 spiro atoms. The molecule has 0 radical (unpaired) electrons. The van der Waals surface area contributed by atoms with Gasteiger partial charge >= 0.3 is 0 Å². The Morgan fingerprint density at radius 2 is 1.73 bits per heavy atom. The standard InChI is InChI=1S/C33H32FN7O3S/c1-33(2,3)15-30(42)38-23-12-21(16-35-17-23)27-13-25-29(18-37-27)40-41-32(25)28-14-24-26(39-28)5-7-36-31(24)20-9-19(10-22(34)11-20)6-8-45(4,43)44/h5,7,9-14,16-18,39H,6,8,15H2,1-4H3,(H,38,42)(H,40,41). The lowest BCUT2D eigenvalue weighted by atomic mass is 9.92. The van der Waals surface area contributed by atoms with Gasteiger partial charge in [0, 0.05) is 52.5 Å². The Morgan fingerprint density at radius 1 is 0.933 bits per heavy atom. The predicted molar refractivity (Wildman–Crippen MR) is 174 cm³/mol. The van der Waals surface area contributed by atoms with Gasteiger partial charge in [-0.05, 0) is 59.9 Å². The van der Waals surface area contributed by atoms with Crippen LogP contribution in [0.5, 0.6) is 0 Å². The number of fused-ring (bicyclic) bond motifs is 2. The molecular formula is C33H32FN7O3S. The number of nitrogens with one attached hydrogen (secondary N) is 3. The third-order valence-electron chi connectivity index (χ3n) is 7.25. The molecule has 230 valence electrons. The molecule has 1 aromatic carbocycles. The third kappa shape index (κ3) is 6.91. The first-order valence-electron chi connectivity index (χ1n) is 14.4. The summed E-state index contributed by atoms with van der Waals surface area (Å²) < 4.78 is 38.0. The molecule has 0 atom stereocenters. The normalized spacial score (nSPS) is 12.2. The van der Waals surface area contributed by atoms with E-state index < -0.39 is 15.7 Å². The van der Waals surface area contributed by atoms with Gasteiger partial charge in [0.15, 0.2) is 0 Å². The molecule has 3 N–H and O–H groups in total. The second kappa shape index (κ2) is 11.5. The highest BCUT2D eigenvalue weighted by atomic mass is 32.2. The molecule has 5 heterocycles. The predicted octanol–water partition coefficient (Wildman–Crippen LogP) is 6.33. The van der Waals surface area contributed by atoms with Crippen LogP contribution in [0.1, 0.15) is 32.8 Å². The molecule has 0 saturated heterocycles. The average molecular weight is 626 g/mol. The molecule has 10 nitrogen and oxygen atoms in total. The van der Waals surface area contributed by atoms with E-state index in [1.165, 1.54) is 12.1 Å². The smallest absolute Gasteiger partial charge is 0.224 e. The van der Waals surface area contributed by atoms with E-state index in [2.05, 4.69) is 35.5 Å². The number of carbonyl (C=O) groups excluding carboxylic acids is 1. The number of amides is 1. The van der Waals surface area contributed by atoms with Crippen molar-refractivity contribution in [3.63, 3.8) is 0 Å². The highest BCUT2D eigenvalue weighted by molar-refractivity contribution is 7.90. The lowest BCUT2D eigenvalue weighted by Crippen LogP contribution is -2.19. The van der Waals surface area contributed by atoms with Crippen LogP contribution in [-0.2, 0) is 21.1 Å². The van der Waals surface area contributed by atoms with Gasteiger partial charge in [-0.3, -0.25) is 24.8 Å². The minimum atomic E-state index is -3.20. The second-order valence-electron chi connectivity index (χ2n) is 12.5. The fourth-order valence-corrected chi connectivity index (χ4v) is 5.87. The maximum absolute atomic E-state index is 14.6. The van der Waals surface area contributed by atoms with E-state index in [9.17, 15) is 17.6 Å². The highest BCUT2D eigenvalue weighted by Gasteiger charge is 2.18. The quantitative estimate of drug-likeness (QED) is 0.179. The summed E-state index contributed by atoms with van der Waals surface area (Å²) >= 11 is 0. The molecule has 12 heteroatoms. The first-order chi connectivity index (χ1) is 21.3. The number of carbonyl (C=O) groups is 1. The van der Waals surface area contributed by atoms with Gasteiger partial charge in [0.05, 0.1) is 46.4 Å². The van der Waals surface area contributed by atoms with Crippen molar-refractivity contribution in [2.24, 2.45) is 5.41 Å². The molecule has 0 bridgehead atoms. The molecule has 0 aliphatic rings. The molecule has 6 aromatic rings. The summed E-state index contributed by atoms with van der Waals surface area (Å²) in [5.41, 5.74) is 6.42. The first-order valence-corrected chi connectivity index (χ1v) is 16.4. The van der Waals surface area contributed by atoms with Crippen molar-refractivity contribution in [1.82, 2.24) is 30.1 Å². The molecule has 0 saturated carbocycles. The van der Waals surface area contributed by atoms with Gasteiger partial charge in [-0.1, -0.05) is 20.8 Å². The Morgan fingerprint density at radius 3 is 2.51 bits per heavy atom. The van der Waals surface area contributed by atoms with Crippen LogP contribution in [0.15, 0.2) is 67.3 Å². The topological polar surface area (TPSA) is 146 Å². The number of nitrogens with zero attached hydrogens (tertiary/aromatic N) is 4. The van der Waals surface area contributed by atoms with Gasteiger partial charge in [-0.15, -0.1) is 0 Å². The zero-order valence-corrected chi connectivity index (χ0v) is 26.1. The number of pyridine rings is 3. The fourth-order valence-electron chi connectivity index (χ4n) is 5.26. The Kier molecular flexibility index (Phi) is 7.69. The van der Waals surface area contributed by atoms with E-state index in [0.717, 1.165) is 39.3 Å². The van der Waals surface area contributed by atoms with E-state index >= 15 is 0 Å². The molecule has 1 amide bonds. The van der Waals surface area contributed by atoms with Crippen molar-refractivity contribution in [2.75, 3.05) is 17.3 Å². The number of hydrogen-bond acceptors (Lipinski definition) is 7. The van der Waals surface area contributed by atoms with Crippen LogP contribution in [0.2, 0.25) is 0 Å². The fraction of sp³-hybridized carbons (Fsp3) is 0.242. The highest BCUT2D eigenvalue weighted by Crippen LogP contribution is 2.34. The maximum Gasteiger partial charge on any atom is 0.224 e. The molecule has 0 fully saturated rings. The van der Waals surface area contributed by atoms with Crippen molar-refractivity contribution < 1.29 is 17.6 Å². The van der Waals surface area contributed by atoms with Crippen molar-refractivity contribution >= 4 is 43.2 Å². The third-order valence-corrected chi connectivity index (χ3v) is 8.20. The van der Waals surface area contributed by atoms with Crippen molar-refractivity contribution in [2.45, 2.75) is 33.6 Å². The number of anilines is 1. The summed E-state index contributed by atoms with van der Waals surface area (Å²) in [6.45, 7) is 6.03. The zero-order chi connectivity index (χ0) is 31.9. The van der Waals surface area contributed by atoms with Crippen molar-refractivity contribution in [3.8, 4) is 33.9 Å². The molecule has 0 unspecified atom stereocenters. The Labute approximate surface area is 259 Å². The molecule has 0 aliphatic carbocycles. The molecular weight excluding hydrogens is 593 g/mol. The van der Waals surface area contributed by atoms with E-state index in [-0.39, 0.29) is 23.5 Å². The summed E-state index contributed by atoms with van der Waals surface area (Å²) in [6.07, 6.45) is 8.39. The summed E-state index contributed by atoms with van der Waals surface area (Å²) in [7, 11) is -3.20. The number of sulfone groups is 1. The minimum absolute atomic E-state index is 0.0723. The lowest BCUT2D eigenvalue weighted by molar-refractivity contribution is -0.117. The number of aromatic amines is 2. The van der Waals surface area contributed by atoms with Gasteiger partial charge in [-0.2, -0.15) is 5.10 Å². The summed E-state index contributed by atoms with van der Waals surface area (Å²) in [6, 6.07) is 12.0. The van der Waals surface area contributed by atoms with Crippen LogP contribution >= 0.6 is 0 Å². The molecule has 6 rings (SSSR count). The van der Waals surface area contributed by atoms with Crippen LogP contribution in [0.3, 0.4) is 0 Å². The van der Waals surface area contributed by atoms with Crippen LogP contribution in [-0.4, -0.2) is 56.5 Å². The average Bonchev–Trinajstić information content (AvgIpc) is 3.58. The monoisotopic (exact) mass is 625 g/mol. The number of rotatable bonds is 8. The summed E-state index contributed by atoms with van der Waals surface area (Å²) in [5, 5.41) is 12.1. The zero-order valence-electron chi connectivity index (χ0n) is 25.3. The summed E-state index contributed by atoms with van der Waals surface area (Å²) in [5.74, 6) is -0.619. The van der Waals surface area contributed by atoms with E-state index in [0.29, 0.717) is 40.3 Å². The van der Waals surface area contributed by atoms with Crippen LogP contribution in [0, 0.1) is 11.2 Å². The first kappa shape index (κ1) is 30.1. The van der Waals surface area contributed by atoms with Crippen LogP contribution in [0.4, 0.5) is 10.1 Å². The van der Waals surface area contributed by atoms with Gasteiger partial charge in [-0.25, -0.2) is 12.8 Å². The maximum atomic E-state index is 14.6. The second-order valence-corrected chi connectivity index (χ2v) is 14.7. The lowest BCUT2D eigenvalue weighted by Gasteiger charge is -2.17. The van der Waals surface area contributed by atoms with E-state index in [4.69, 9.17) is 0 Å². The van der Waals surface area contributed by atoms with E-state index in [1.54, 1.807) is 30.9 Å². The number of hydrogen-bond donors (Lipinski definition) is 3. The van der Waals surface area contributed by atoms with E-state index in [1.807, 2.05) is 45.0 Å². The van der Waals surface area contributed by atoms with Gasteiger partial charge < -0.3 is 10.3 Å². The Balaban J connectivity index is 1.34. The molecule has 0 aliphatic heterocycles. The van der Waals surface area contributed by atoms with Gasteiger partial charge in [0.1, 0.15) is 21.3 Å². The number of H-pyrrole nitrogens is 2. The number of aromatic nitrogens is 6. The number of aryl methyl sites for hydroxylation is 1. The largest absolute Gasteiger partial charge is 0.353 e. The van der Waals surface area contributed by atoms with Crippen LogP contribution < -0.4 is 5.32 Å². The SMILES string of the molecule is CC(C)(C)CC(=O)Nc1cncc(-c2cc3c(-c4cc5c(-c6cc(F)cc(CCS(C)(=O)=O)c6)nccc5[nH]4)n[nH]c3cn2)c1. The molecule has 45 heavy (non-hydrogen) atoms. The summed E-state index contributed by atoms with van der Waals surface area (Å²) in [4.78, 5) is 29.3. The minimum Gasteiger partial charge on any atom is -0.353 e. The van der Waals surface area contributed by atoms with Crippen LogP contribution in [0.25, 0.3) is 55.7 Å². The number of benzene rings is 1. The molecule has 5 aromatic heterocycles. The van der Waals surface area contributed by atoms with Gasteiger partial charge in [0.2, 0.25) is 5.91 Å². The van der Waals surface area contributed by atoms with Gasteiger partial charge in [0.25, 0.3) is 0 Å². The Hall–Kier alpha value is -4.97.